The van der Waals surface area contributed by atoms with E-state index >= 15 is 0 Å². The molecule has 0 atom stereocenters. The van der Waals surface area contributed by atoms with Crippen molar-refractivity contribution in [2.75, 3.05) is 58.3 Å². The number of nitrogens with one attached hydrogen (secondary N) is 2. The van der Waals surface area contributed by atoms with Gasteiger partial charge in [0.15, 0.2) is 5.11 Å². The first-order valence-electron chi connectivity index (χ1n) is 8.51. The van der Waals surface area contributed by atoms with E-state index in [1.165, 1.54) is 17.0 Å². The molecule has 0 aliphatic carbocycles. The average molecular weight is 375 g/mol. The van der Waals surface area contributed by atoms with Crippen LogP contribution in [-0.2, 0) is 6.18 Å². The molecule has 2 N–H and O–H groups in total. The van der Waals surface area contributed by atoms with Crippen LogP contribution >= 0.6 is 12.2 Å². The summed E-state index contributed by atoms with van der Waals surface area (Å²) in [5.41, 5.74) is 0.00921. The Kier molecular flexibility index (Phi) is 6.89. The first-order valence-corrected chi connectivity index (χ1v) is 8.92. The summed E-state index contributed by atoms with van der Waals surface area (Å²) in [4.78, 5) is 5.47. The molecule has 1 aromatic rings. The van der Waals surface area contributed by atoms with Crippen molar-refractivity contribution in [3.8, 4) is 0 Å². The molecule has 1 aliphatic rings. The fraction of sp³-hybridized carbons (Fsp3) is 0.588. The van der Waals surface area contributed by atoms with E-state index < -0.39 is 11.7 Å². The van der Waals surface area contributed by atoms with Crippen molar-refractivity contribution < 1.29 is 18.1 Å². The smallest absolute Gasteiger partial charge is 0.368 e. The Morgan fingerprint density at radius 2 is 1.88 bits per heavy atom. The fourth-order valence-electron chi connectivity index (χ4n) is 2.80. The minimum Gasteiger partial charge on any atom is -0.368 e. The lowest BCUT2D eigenvalue weighted by Gasteiger charge is -2.37. The summed E-state index contributed by atoms with van der Waals surface area (Å²) in [6.45, 7) is 4.66. The second-order valence-corrected chi connectivity index (χ2v) is 6.95. The molecule has 1 fully saturated rings. The van der Waals surface area contributed by atoms with Crippen LogP contribution in [0, 0.1) is 0 Å². The van der Waals surface area contributed by atoms with Crippen molar-refractivity contribution >= 4 is 23.0 Å². The molecule has 2 rings (SSSR count). The topological polar surface area (TPSA) is 23.0 Å². The molecular weight excluding hydrogens is 349 g/mol. The predicted octanol–water partition coefficient (Wildman–Crippen LogP) is 1.24. The third-order valence-electron chi connectivity index (χ3n) is 4.24. The first-order chi connectivity index (χ1) is 11.8. The summed E-state index contributed by atoms with van der Waals surface area (Å²) in [5.74, 6) is 0. The zero-order valence-corrected chi connectivity index (χ0v) is 15.5. The minimum absolute atomic E-state index is 0.604. The summed E-state index contributed by atoms with van der Waals surface area (Å²) < 4.78 is 38.5. The molecule has 1 saturated heterocycles. The van der Waals surface area contributed by atoms with Crippen molar-refractivity contribution in [2.24, 2.45) is 0 Å². The molecule has 1 heterocycles. The predicted molar refractivity (Wildman–Crippen MR) is 98.1 cm³/mol. The van der Waals surface area contributed by atoms with E-state index in [0.29, 0.717) is 31.9 Å². The van der Waals surface area contributed by atoms with Gasteiger partial charge in [-0.1, -0.05) is 6.07 Å². The van der Waals surface area contributed by atoms with Crippen LogP contribution in [0.4, 0.5) is 18.9 Å². The second-order valence-electron chi connectivity index (χ2n) is 6.56. The van der Waals surface area contributed by atoms with E-state index in [2.05, 4.69) is 24.3 Å². The Labute approximate surface area is 152 Å². The number of quaternary nitrogens is 1. The number of rotatable bonds is 5. The number of halogens is 3. The standard InChI is InChI=1S/C17H25F3N4S/c1-22(2)8-4-7-21-16(25)24-11-9-23(10-12-24)15-6-3-5-14(13-15)17(18,19)20/h3,5-6,13H,4,7-12H2,1-2H3,(H,21,25)/p+1. The van der Waals surface area contributed by atoms with E-state index in [9.17, 15) is 13.2 Å². The maximum atomic E-state index is 12.8. The third kappa shape index (κ3) is 6.04. The monoisotopic (exact) mass is 375 g/mol. The molecule has 0 bridgehead atoms. The quantitative estimate of drug-likeness (QED) is 0.597. The number of thiocarbonyl (C=S) groups is 1. The molecule has 0 amide bonds. The van der Waals surface area contributed by atoms with E-state index in [1.54, 1.807) is 6.07 Å². The molecule has 140 valence electrons. The normalized spacial score (nSPS) is 15.6. The summed E-state index contributed by atoms with van der Waals surface area (Å²) in [6.07, 6.45) is -3.26. The van der Waals surface area contributed by atoms with Crippen molar-refractivity contribution in [1.29, 1.82) is 0 Å². The van der Waals surface area contributed by atoms with Crippen molar-refractivity contribution in [3.05, 3.63) is 29.8 Å². The number of benzene rings is 1. The van der Waals surface area contributed by atoms with Crippen LogP contribution in [0.3, 0.4) is 0 Å². The Balaban J connectivity index is 1.82. The van der Waals surface area contributed by atoms with Crippen molar-refractivity contribution in [3.63, 3.8) is 0 Å². The number of alkyl halides is 3. The molecule has 0 aromatic heterocycles. The van der Waals surface area contributed by atoms with Gasteiger partial charge in [0.25, 0.3) is 0 Å². The second kappa shape index (κ2) is 8.71. The van der Waals surface area contributed by atoms with E-state index in [4.69, 9.17) is 12.2 Å². The van der Waals surface area contributed by atoms with Gasteiger partial charge < -0.3 is 20.0 Å². The van der Waals surface area contributed by atoms with Crippen LogP contribution < -0.4 is 15.1 Å². The molecule has 0 spiro atoms. The van der Waals surface area contributed by atoms with Crippen molar-refractivity contribution in [2.45, 2.75) is 12.6 Å². The number of hydrogen-bond donors (Lipinski definition) is 2. The highest BCUT2D eigenvalue weighted by atomic mass is 32.1. The minimum atomic E-state index is -4.31. The van der Waals surface area contributed by atoms with Gasteiger partial charge in [-0.25, -0.2) is 0 Å². The summed E-state index contributed by atoms with van der Waals surface area (Å²) in [6, 6.07) is 5.51. The third-order valence-corrected chi connectivity index (χ3v) is 4.64. The maximum Gasteiger partial charge on any atom is 0.416 e. The van der Waals surface area contributed by atoms with Crippen LogP contribution in [0.15, 0.2) is 24.3 Å². The van der Waals surface area contributed by atoms with Gasteiger partial charge >= 0.3 is 6.18 Å². The molecule has 8 heteroatoms. The number of hydrogen-bond acceptors (Lipinski definition) is 2. The van der Waals surface area contributed by atoms with E-state index in [1.807, 2.05) is 4.90 Å². The Bertz CT molecular complexity index is 569. The average Bonchev–Trinajstić information content (AvgIpc) is 2.58. The molecule has 25 heavy (non-hydrogen) atoms. The maximum absolute atomic E-state index is 12.8. The summed E-state index contributed by atoms with van der Waals surface area (Å²) in [5, 5.41) is 4.00. The molecule has 0 radical (unpaired) electrons. The van der Waals surface area contributed by atoms with Crippen molar-refractivity contribution in [1.82, 2.24) is 10.2 Å². The highest BCUT2D eigenvalue weighted by molar-refractivity contribution is 7.80. The van der Waals surface area contributed by atoms with Gasteiger partial charge in [-0.2, -0.15) is 13.2 Å². The van der Waals surface area contributed by atoms with Crippen LogP contribution in [0.2, 0.25) is 0 Å². The highest BCUT2D eigenvalue weighted by Gasteiger charge is 2.31. The van der Waals surface area contributed by atoms with Gasteiger partial charge in [0.1, 0.15) is 0 Å². The molecule has 1 aliphatic heterocycles. The first kappa shape index (κ1) is 19.8. The van der Waals surface area contributed by atoms with Gasteiger partial charge in [0.05, 0.1) is 26.2 Å². The Hall–Kier alpha value is -1.54. The zero-order valence-electron chi connectivity index (χ0n) is 14.7. The molecule has 1 aromatic carbocycles. The SMILES string of the molecule is C[NH+](C)CCCNC(=S)N1CCN(c2cccc(C(F)(F)F)c2)CC1. The zero-order chi connectivity index (χ0) is 18.4. The summed E-state index contributed by atoms with van der Waals surface area (Å²) >= 11 is 5.42. The summed E-state index contributed by atoms with van der Waals surface area (Å²) in [7, 11) is 4.23. The lowest BCUT2D eigenvalue weighted by atomic mass is 10.1. The van der Waals surface area contributed by atoms with Crippen LogP contribution in [0.25, 0.3) is 0 Å². The molecular formula is C17H26F3N4S+. The Morgan fingerprint density at radius 1 is 1.20 bits per heavy atom. The number of nitrogens with zero attached hydrogens (tertiary/aromatic N) is 2. The van der Waals surface area contributed by atoms with Gasteiger partial charge in [-0.3, -0.25) is 0 Å². The largest absolute Gasteiger partial charge is 0.416 e. The van der Waals surface area contributed by atoms with E-state index in [-0.39, 0.29) is 0 Å². The molecule has 0 saturated carbocycles. The van der Waals surface area contributed by atoms with Gasteiger partial charge in [0.2, 0.25) is 0 Å². The number of piperazine rings is 1. The highest BCUT2D eigenvalue weighted by Crippen LogP contribution is 2.31. The van der Waals surface area contributed by atoms with Gasteiger partial charge in [0, 0.05) is 44.8 Å². The van der Waals surface area contributed by atoms with Crippen LogP contribution in [0.1, 0.15) is 12.0 Å². The lowest BCUT2D eigenvalue weighted by molar-refractivity contribution is -0.858. The Morgan fingerprint density at radius 3 is 2.48 bits per heavy atom. The van der Waals surface area contributed by atoms with E-state index in [0.717, 1.165) is 30.7 Å². The van der Waals surface area contributed by atoms with Gasteiger partial charge in [-0.15, -0.1) is 0 Å². The fourth-order valence-corrected chi connectivity index (χ4v) is 3.08. The lowest BCUT2D eigenvalue weighted by Crippen LogP contribution is -3.05. The van der Waals surface area contributed by atoms with Crippen LogP contribution in [0.5, 0.6) is 0 Å². The van der Waals surface area contributed by atoms with Gasteiger partial charge in [-0.05, 0) is 30.4 Å². The van der Waals surface area contributed by atoms with Crippen LogP contribution in [-0.4, -0.2) is 63.4 Å². The number of anilines is 1. The molecule has 4 nitrogen and oxygen atoms in total. The molecule has 0 unspecified atom stereocenters.